The highest BCUT2D eigenvalue weighted by Gasteiger charge is 2.26. The number of methoxy groups -OCH3 is 1. The SMILES string of the molecule is COc1ccc2oc(C(=O)N3CCC(c4ccc(NC(=O)c5cnc6ccc(F)cn56)cc4)CC3)cc2c1. The Morgan fingerprint density at radius 3 is 2.61 bits per heavy atom. The average Bonchev–Trinajstić information content (AvgIpc) is 3.57. The van der Waals surface area contributed by atoms with Crippen LogP contribution in [0.5, 0.6) is 5.75 Å². The summed E-state index contributed by atoms with van der Waals surface area (Å²) in [6, 6.07) is 17.8. The fraction of sp³-hybridized carbons (Fsp3) is 0.207. The maximum Gasteiger partial charge on any atom is 0.289 e. The summed E-state index contributed by atoms with van der Waals surface area (Å²) < 4.78 is 26.1. The van der Waals surface area contributed by atoms with Gasteiger partial charge in [-0.2, -0.15) is 0 Å². The van der Waals surface area contributed by atoms with Crippen molar-refractivity contribution in [3.8, 4) is 5.75 Å². The number of carbonyl (C=O) groups is 2. The highest BCUT2D eigenvalue weighted by Crippen LogP contribution is 2.31. The molecule has 9 heteroatoms. The number of halogens is 1. The van der Waals surface area contributed by atoms with Crippen molar-refractivity contribution in [2.24, 2.45) is 0 Å². The number of likely N-dealkylation sites (tertiary alicyclic amines) is 1. The van der Waals surface area contributed by atoms with Gasteiger partial charge in [0.05, 0.1) is 13.3 Å². The number of imidazole rings is 1. The van der Waals surface area contributed by atoms with E-state index in [1.807, 2.05) is 41.3 Å². The highest BCUT2D eigenvalue weighted by molar-refractivity contribution is 6.03. The van der Waals surface area contributed by atoms with Gasteiger partial charge in [0.25, 0.3) is 11.8 Å². The maximum atomic E-state index is 13.6. The lowest BCUT2D eigenvalue weighted by Gasteiger charge is -2.31. The Labute approximate surface area is 217 Å². The van der Waals surface area contributed by atoms with E-state index in [1.54, 1.807) is 19.2 Å². The first kappa shape index (κ1) is 23.7. The molecule has 6 rings (SSSR count). The molecule has 0 radical (unpaired) electrons. The van der Waals surface area contributed by atoms with Crippen LogP contribution in [0, 0.1) is 5.82 Å². The van der Waals surface area contributed by atoms with Crippen LogP contribution in [0.2, 0.25) is 0 Å². The smallest absolute Gasteiger partial charge is 0.289 e. The lowest BCUT2D eigenvalue weighted by molar-refractivity contribution is 0.0683. The minimum atomic E-state index is -0.445. The normalized spacial score (nSPS) is 14.2. The number of hydrogen-bond donors (Lipinski definition) is 1. The van der Waals surface area contributed by atoms with Gasteiger partial charge < -0.3 is 19.4 Å². The second-order valence-electron chi connectivity index (χ2n) is 9.38. The number of fused-ring (bicyclic) bond motifs is 2. The molecule has 0 saturated carbocycles. The van der Waals surface area contributed by atoms with Gasteiger partial charge in [-0.3, -0.25) is 14.0 Å². The summed E-state index contributed by atoms with van der Waals surface area (Å²) in [6.45, 7) is 1.26. The number of furan rings is 1. The molecule has 4 heterocycles. The van der Waals surface area contributed by atoms with Crippen LogP contribution in [-0.4, -0.2) is 46.3 Å². The molecule has 0 unspecified atom stereocenters. The first-order chi connectivity index (χ1) is 18.5. The molecule has 38 heavy (non-hydrogen) atoms. The summed E-state index contributed by atoms with van der Waals surface area (Å²) in [6.07, 6.45) is 4.33. The van der Waals surface area contributed by atoms with Gasteiger partial charge in [-0.25, -0.2) is 9.37 Å². The molecule has 3 aromatic heterocycles. The predicted molar refractivity (Wildman–Crippen MR) is 140 cm³/mol. The van der Waals surface area contributed by atoms with E-state index in [0.717, 1.165) is 29.5 Å². The summed E-state index contributed by atoms with van der Waals surface area (Å²) >= 11 is 0. The Bertz CT molecular complexity index is 1650. The summed E-state index contributed by atoms with van der Waals surface area (Å²) in [5.41, 5.74) is 3.20. The highest BCUT2D eigenvalue weighted by atomic mass is 19.1. The molecule has 1 aliphatic rings. The molecule has 8 nitrogen and oxygen atoms in total. The third-order valence-electron chi connectivity index (χ3n) is 7.06. The molecule has 2 aromatic carbocycles. The Kier molecular flexibility index (Phi) is 6.03. The Balaban J connectivity index is 1.07. The van der Waals surface area contributed by atoms with E-state index >= 15 is 0 Å². The zero-order valence-electron chi connectivity index (χ0n) is 20.7. The topological polar surface area (TPSA) is 89.1 Å². The molecule has 0 atom stereocenters. The molecular formula is C29H25FN4O4. The molecule has 5 aromatic rings. The molecule has 0 aliphatic carbocycles. The number of nitrogens with zero attached hydrogens (tertiary/aromatic N) is 3. The van der Waals surface area contributed by atoms with Crippen molar-refractivity contribution in [3.63, 3.8) is 0 Å². The molecule has 0 bridgehead atoms. The maximum absolute atomic E-state index is 13.6. The van der Waals surface area contributed by atoms with Crippen molar-refractivity contribution in [1.29, 1.82) is 0 Å². The van der Waals surface area contributed by atoms with Gasteiger partial charge in [0.2, 0.25) is 0 Å². The third kappa shape index (κ3) is 4.47. The van der Waals surface area contributed by atoms with Crippen LogP contribution < -0.4 is 10.1 Å². The monoisotopic (exact) mass is 512 g/mol. The third-order valence-corrected chi connectivity index (χ3v) is 7.06. The minimum absolute atomic E-state index is 0.107. The van der Waals surface area contributed by atoms with Gasteiger partial charge in [0.15, 0.2) is 5.76 Å². The summed E-state index contributed by atoms with van der Waals surface area (Å²) in [4.78, 5) is 31.8. The summed E-state index contributed by atoms with van der Waals surface area (Å²) in [5.74, 6) is 0.441. The number of benzene rings is 2. The van der Waals surface area contributed by atoms with Crippen LogP contribution in [0.15, 0.2) is 77.5 Å². The standard InChI is InChI=1S/C29H25FN4O4/c1-37-23-7-8-25-20(14-23)15-26(38-25)29(36)33-12-10-19(11-13-33)18-2-5-22(6-3-18)32-28(35)24-16-31-27-9-4-21(30)17-34(24)27/h2-9,14-17,19H,10-13H2,1H3,(H,32,35). The molecule has 2 amide bonds. The Hall–Kier alpha value is -4.66. The molecule has 0 spiro atoms. The van der Waals surface area contributed by atoms with Crippen molar-refractivity contribution in [1.82, 2.24) is 14.3 Å². The number of hydrogen-bond acceptors (Lipinski definition) is 5. The number of amides is 2. The quantitative estimate of drug-likeness (QED) is 0.336. The lowest BCUT2D eigenvalue weighted by Crippen LogP contribution is -2.37. The summed E-state index contributed by atoms with van der Waals surface area (Å²) in [5, 5.41) is 3.69. The second-order valence-corrected chi connectivity index (χ2v) is 9.38. The average molecular weight is 513 g/mol. The predicted octanol–water partition coefficient (Wildman–Crippen LogP) is 5.50. The fourth-order valence-electron chi connectivity index (χ4n) is 4.98. The van der Waals surface area contributed by atoms with Crippen molar-refractivity contribution >= 4 is 34.1 Å². The van der Waals surface area contributed by atoms with Crippen LogP contribution in [0.3, 0.4) is 0 Å². The van der Waals surface area contributed by atoms with Crippen molar-refractivity contribution in [2.75, 3.05) is 25.5 Å². The molecule has 192 valence electrons. The molecule has 1 saturated heterocycles. The van der Waals surface area contributed by atoms with E-state index in [-0.39, 0.29) is 17.5 Å². The van der Waals surface area contributed by atoms with Gasteiger partial charge in [-0.15, -0.1) is 0 Å². The fourth-order valence-corrected chi connectivity index (χ4v) is 4.98. The number of piperidine rings is 1. The van der Waals surface area contributed by atoms with Gasteiger partial charge in [-0.1, -0.05) is 12.1 Å². The first-order valence-corrected chi connectivity index (χ1v) is 12.4. The largest absolute Gasteiger partial charge is 0.497 e. The number of ether oxygens (including phenoxy) is 1. The van der Waals surface area contributed by atoms with Crippen molar-refractivity contribution in [3.05, 3.63) is 95.9 Å². The van der Waals surface area contributed by atoms with Crippen LogP contribution in [0.25, 0.3) is 16.6 Å². The molecule has 1 aliphatic heterocycles. The van der Waals surface area contributed by atoms with E-state index in [9.17, 15) is 14.0 Å². The molecule has 1 fully saturated rings. The van der Waals surface area contributed by atoms with E-state index in [4.69, 9.17) is 9.15 Å². The first-order valence-electron chi connectivity index (χ1n) is 12.4. The second kappa shape index (κ2) is 9.66. The zero-order chi connectivity index (χ0) is 26.2. The van der Waals surface area contributed by atoms with Gasteiger partial charge in [0.1, 0.15) is 28.5 Å². The number of nitrogens with one attached hydrogen (secondary N) is 1. The zero-order valence-corrected chi connectivity index (χ0v) is 20.7. The van der Waals surface area contributed by atoms with Crippen molar-refractivity contribution < 1.29 is 23.1 Å². The lowest BCUT2D eigenvalue weighted by atomic mass is 9.89. The van der Waals surface area contributed by atoms with E-state index in [2.05, 4.69) is 10.3 Å². The Morgan fingerprint density at radius 1 is 1.05 bits per heavy atom. The van der Waals surface area contributed by atoms with Crippen LogP contribution in [0.1, 0.15) is 45.4 Å². The number of pyridine rings is 1. The minimum Gasteiger partial charge on any atom is -0.497 e. The van der Waals surface area contributed by atoms with E-state index in [1.165, 1.54) is 28.9 Å². The number of anilines is 1. The van der Waals surface area contributed by atoms with Crippen LogP contribution in [-0.2, 0) is 0 Å². The number of rotatable bonds is 5. The number of aromatic nitrogens is 2. The van der Waals surface area contributed by atoms with Gasteiger partial charge >= 0.3 is 0 Å². The Morgan fingerprint density at radius 2 is 1.84 bits per heavy atom. The molecular weight excluding hydrogens is 487 g/mol. The van der Waals surface area contributed by atoms with E-state index < -0.39 is 5.82 Å². The van der Waals surface area contributed by atoms with Gasteiger partial charge in [0, 0.05) is 30.4 Å². The van der Waals surface area contributed by atoms with E-state index in [0.29, 0.717) is 41.7 Å². The summed E-state index contributed by atoms with van der Waals surface area (Å²) in [7, 11) is 1.60. The van der Waals surface area contributed by atoms with Crippen molar-refractivity contribution in [2.45, 2.75) is 18.8 Å². The number of carbonyl (C=O) groups excluding carboxylic acids is 2. The van der Waals surface area contributed by atoms with Crippen LogP contribution in [0.4, 0.5) is 10.1 Å². The molecule has 1 N–H and O–H groups in total. The van der Waals surface area contributed by atoms with Gasteiger partial charge in [-0.05, 0) is 72.9 Å². The van der Waals surface area contributed by atoms with Crippen LogP contribution >= 0.6 is 0 Å².